The van der Waals surface area contributed by atoms with Crippen molar-refractivity contribution in [1.29, 1.82) is 0 Å². The van der Waals surface area contributed by atoms with E-state index in [0.717, 1.165) is 15.1 Å². The Balaban J connectivity index is 2.66. The summed E-state index contributed by atoms with van der Waals surface area (Å²) in [6, 6.07) is 5.83. The van der Waals surface area contributed by atoms with Crippen molar-refractivity contribution in [2.75, 3.05) is 0 Å². The molecule has 0 saturated carbocycles. The monoisotopic (exact) mass is 235 g/mol. The van der Waals surface area contributed by atoms with Crippen LogP contribution in [0.1, 0.15) is 0 Å². The topological polar surface area (TPSA) is 12.9 Å². The van der Waals surface area contributed by atoms with Gasteiger partial charge in [-0.3, -0.25) is 0 Å². The van der Waals surface area contributed by atoms with Gasteiger partial charge in [0, 0.05) is 4.90 Å². The Hall–Kier alpha value is 0.0400. The van der Waals surface area contributed by atoms with Crippen LogP contribution in [0.25, 0.3) is 10.2 Å². The molecule has 62 valence electrons. The van der Waals surface area contributed by atoms with E-state index in [4.69, 9.17) is 22.3 Å². The molecule has 0 aliphatic rings. The lowest BCUT2D eigenvalue weighted by Gasteiger charge is -1.91. The Labute approximate surface area is 87.2 Å². The van der Waals surface area contributed by atoms with Crippen molar-refractivity contribution in [2.45, 2.75) is 4.90 Å². The molecule has 1 aromatic carbocycles. The Morgan fingerprint density at radius 3 is 3.00 bits per heavy atom. The van der Waals surface area contributed by atoms with Crippen molar-refractivity contribution >= 4 is 54.8 Å². The molecule has 1 aromatic heterocycles. The number of fused-ring (bicyclic) bond motifs is 1. The number of hydrogen-bond acceptors (Lipinski definition) is 3. The highest BCUT2D eigenvalue weighted by Crippen LogP contribution is 2.30. The van der Waals surface area contributed by atoms with Crippen LogP contribution < -0.4 is 0 Å². The van der Waals surface area contributed by atoms with Gasteiger partial charge in [-0.05, 0) is 39.9 Å². The molecule has 1 heterocycles. The largest absolute Gasteiger partial charge is 0.225 e. The van der Waals surface area contributed by atoms with Gasteiger partial charge in [0.1, 0.15) is 0 Å². The smallest absolute Gasteiger partial charge is 0.184 e. The molecule has 0 unspecified atom stereocenters. The Kier molecular flexibility index (Phi) is 2.46. The van der Waals surface area contributed by atoms with Crippen molar-refractivity contribution in [2.24, 2.45) is 0 Å². The van der Waals surface area contributed by atoms with Gasteiger partial charge in [0.15, 0.2) is 4.47 Å². The predicted octanol–water partition coefficient (Wildman–Crippen LogP) is 4.20. The number of rotatable bonds is 1. The maximum absolute atomic E-state index is 5.75. The molecule has 2 rings (SSSR count). The normalized spacial score (nSPS) is 10.8. The summed E-state index contributed by atoms with van der Waals surface area (Å²) in [5.74, 6) is 0. The summed E-state index contributed by atoms with van der Waals surface area (Å²) in [6.07, 6.45) is 0. The highest BCUT2D eigenvalue weighted by atomic mass is 35.7. The Morgan fingerprint density at radius 1 is 1.42 bits per heavy atom. The van der Waals surface area contributed by atoms with E-state index in [2.05, 4.69) is 4.98 Å². The molecular formula is C7H3Cl2NS2. The standard InChI is InChI=1S/C7H3Cl2NS2/c8-7-10-5-2-1-4(12-9)3-6(5)11-7/h1-3H. The van der Waals surface area contributed by atoms with Gasteiger partial charge in [0.05, 0.1) is 10.2 Å². The third-order valence-corrected chi connectivity index (χ3v) is 3.51. The molecule has 0 saturated heterocycles. The highest BCUT2D eigenvalue weighted by Gasteiger charge is 2.01. The van der Waals surface area contributed by atoms with E-state index in [1.807, 2.05) is 18.2 Å². The molecule has 5 heteroatoms. The minimum Gasteiger partial charge on any atom is -0.225 e. The zero-order valence-corrected chi connectivity index (χ0v) is 8.90. The second kappa shape index (κ2) is 3.42. The number of benzene rings is 1. The molecule has 0 aliphatic heterocycles. The molecule has 0 amide bonds. The van der Waals surface area contributed by atoms with E-state index < -0.39 is 0 Å². The van der Waals surface area contributed by atoms with Gasteiger partial charge in [0.25, 0.3) is 0 Å². The van der Waals surface area contributed by atoms with Crippen LogP contribution in [0.4, 0.5) is 0 Å². The molecule has 0 atom stereocenters. The number of halogens is 2. The van der Waals surface area contributed by atoms with E-state index in [9.17, 15) is 0 Å². The van der Waals surface area contributed by atoms with E-state index in [-0.39, 0.29) is 0 Å². The first kappa shape index (κ1) is 8.63. The van der Waals surface area contributed by atoms with Gasteiger partial charge < -0.3 is 0 Å². The van der Waals surface area contributed by atoms with Crippen LogP contribution in [-0.4, -0.2) is 4.98 Å². The summed E-state index contributed by atoms with van der Waals surface area (Å²) in [5.41, 5.74) is 0.930. The fourth-order valence-corrected chi connectivity index (χ4v) is 2.64. The van der Waals surface area contributed by atoms with Crippen molar-refractivity contribution in [3.8, 4) is 0 Å². The number of hydrogen-bond donors (Lipinski definition) is 0. The maximum atomic E-state index is 5.75. The summed E-state index contributed by atoms with van der Waals surface area (Å²) in [6.45, 7) is 0. The Bertz CT molecular complexity index is 413. The zero-order chi connectivity index (χ0) is 8.55. The van der Waals surface area contributed by atoms with Crippen molar-refractivity contribution in [3.63, 3.8) is 0 Å². The van der Waals surface area contributed by atoms with Gasteiger partial charge >= 0.3 is 0 Å². The molecule has 2 aromatic rings. The van der Waals surface area contributed by atoms with E-state index in [1.54, 1.807) is 0 Å². The van der Waals surface area contributed by atoms with Crippen LogP contribution in [0.3, 0.4) is 0 Å². The van der Waals surface area contributed by atoms with Crippen molar-refractivity contribution in [3.05, 3.63) is 22.7 Å². The molecule has 0 fully saturated rings. The van der Waals surface area contributed by atoms with Crippen LogP contribution in [0.2, 0.25) is 4.47 Å². The summed E-state index contributed by atoms with van der Waals surface area (Å²) in [5, 5.41) is 0. The third kappa shape index (κ3) is 1.55. The minimum absolute atomic E-state index is 0.571. The first-order chi connectivity index (χ1) is 5.79. The lowest BCUT2D eigenvalue weighted by Crippen LogP contribution is -1.67. The van der Waals surface area contributed by atoms with Crippen LogP contribution in [0, 0.1) is 0 Å². The van der Waals surface area contributed by atoms with E-state index in [1.165, 1.54) is 22.3 Å². The Morgan fingerprint density at radius 2 is 2.25 bits per heavy atom. The maximum Gasteiger partial charge on any atom is 0.184 e. The first-order valence-corrected chi connectivity index (χ1v) is 5.98. The van der Waals surface area contributed by atoms with Gasteiger partial charge in [0.2, 0.25) is 0 Å². The molecule has 0 N–H and O–H groups in total. The third-order valence-electron chi connectivity index (χ3n) is 1.42. The molecule has 1 nitrogen and oxygen atoms in total. The van der Waals surface area contributed by atoms with Crippen molar-refractivity contribution < 1.29 is 0 Å². The molecule has 12 heavy (non-hydrogen) atoms. The summed E-state index contributed by atoms with van der Waals surface area (Å²) < 4.78 is 1.65. The average molecular weight is 236 g/mol. The summed E-state index contributed by atoms with van der Waals surface area (Å²) in [7, 11) is 6.80. The highest BCUT2D eigenvalue weighted by molar-refractivity contribution is 8.21. The van der Waals surface area contributed by atoms with Crippen LogP contribution in [0.15, 0.2) is 23.1 Å². The second-order valence-corrected chi connectivity index (χ2v) is 4.87. The van der Waals surface area contributed by atoms with E-state index >= 15 is 0 Å². The molecular weight excluding hydrogens is 233 g/mol. The molecule has 0 aliphatic carbocycles. The van der Waals surface area contributed by atoms with Gasteiger partial charge in [-0.1, -0.05) is 11.6 Å². The molecule has 0 bridgehead atoms. The zero-order valence-electron chi connectivity index (χ0n) is 5.75. The number of thiazole rings is 1. The first-order valence-electron chi connectivity index (χ1n) is 3.14. The average Bonchev–Trinajstić information content (AvgIpc) is 2.43. The number of nitrogens with zero attached hydrogens (tertiary/aromatic N) is 1. The second-order valence-electron chi connectivity index (χ2n) is 2.17. The SMILES string of the molecule is ClSc1ccc2nc(Cl)sc2c1. The van der Waals surface area contributed by atoms with Gasteiger partial charge in [-0.2, -0.15) is 0 Å². The minimum atomic E-state index is 0.571. The molecule has 0 spiro atoms. The van der Waals surface area contributed by atoms with Crippen molar-refractivity contribution in [1.82, 2.24) is 4.98 Å². The van der Waals surface area contributed by atoms with E-state index in [0.29, 0.717) is 4.47 Å². The van der Waals surface area contributed by atoms with Crippen LogP contribution in [0.5, 0.6) is 0 Å². The lowest BCUT2D eigenvalue weighted by molar-refractivity contribution is 1.46. The summed E-state index contributed by atoms with van der Waals surface area (Å²) in [4.78, 5) is 5.14. The summed E-state index contributed by atoms with van der Waals surface area (Å²) >= 11 is 7.21. The van der Waals surface area contributed by atoms with Gasteiger partial charge in [-0.15, -0.1) is 11.3 Å². The predicted molar refractivity (Wildman–Crippen MR) is 56.3 cm³/mol. The van der Waals surface area contributed by atoms with Gasteiger partial charge in [-0.25, -0.2) is 4.98 Å². The fourth-order valence-electron chi connectivity index (χ4n) is 0.925. The quantitative estimate of drug-likeness (QED) is 0.736. The number of aromatic nitrogens is 1. The fraction of sp³-hybridized carbons (Fsp3) is 0. The lowest BCUT2D eigenvalue weighted by atomic mass is 10.3. The molecule has 0 radical (unpaired) electrons. The van der Waals surface area contributed by atoms with Crippen LogP contribution in [-0.2, 0) is 0 Å². The van der Waals surface area contributed by atoms with Crippen LogP contribution >= 0.6 is 44.6 Å².